The Morgan fingerprint density at radius 1 is 1.32 bits per heavy atom. The van der Waals surface area contributed by atoms with E-state index in [2.05, 4.69) is 21.0 Å². The largest absolute Gasteiger partial charge is 0.294 e. The molecule has 2 aromatic rings. The van der Waals surface area contributed by atoms with Crippen LogP contribution >= 0.6 is 27.5 Å². The van der Waals surface area contributed by atoms with E-state index in [4.69, 9.17) is 11.6 Å². The van der Waals surface area contributed by atoms with Gasteiger partial charge in [0.15, 0.2) is 0 Å². The number of aromatic nitrogens is 2. The topological polar surface area (TPSA) is 37.8 Å². The second kappa shape index (κ2) is 5.17. The van der Waals surface area contributed by atoms with Gasteiger partial charge in [0.05, 0.1) is 11.4 Å². The van der Waals surface area contributed by atoms with E-state index in [1.807, 2.05) is 12.1 Å². The first-order valence-corrected chi connectivity index (χ1v) is 7.60. The molecule has 0 unspecified atom stereocenters. The zero-order valence-electron chi connectivity index (χ0n) is 10.3. The Labute approximate surface area is 124 Å². The molecule has 0 spiro atoms. The van der Waals surface area contributed by atoms with Gasteiger partial charge in [0.1, 0.15) is 4.47 Å². The molecule has 0 atom stereocenters. The third-order valence-corrected chi connectivity index (χ3v) is 4.69. The molecule has 0 bridgehead atoms. The fourth-order valence-corrected chi connectivity index (χ4v) is 3.49. The number of nitrogens with zero attached hydrogens (tertiary/aromatic N) is 1. The van der Waals surface area contributed by atoms with E-state index >= 15 is 0 Å². The van der Waals surface area contributed by atoms with Crippen LogP contribution in [0.1, 0.15) is 37.3 Å². The Balaban J connectivity index is 2.08. The summed E-state index contributed by atoms with van der Waals surface area (Å²) in [6, 6.07) is 7.29. The standard InChI is InChI=1S/C14H14BrClN2O/c15-12-13(9-4-1-2-5-9)17-18(14(12)19)11-7-3-6-10(16)8-11/h3,6-9,17H,1-2,4-5H2. The molecule has 1 fully saturated rings. The van der Waals surface area contributed by atoms with Gasteiger partial charge in [-0.05, 0) is 47.0 Å². The first kappa shape index (κ1) is 13.0. The van der Waals surface area contributed by atoms with E-state index in [1.54, 1.807) is 16.8 Å². The SMILES string of the molecule is O=c1c(Br)c(C2CCCC2)[nH]n1-c1cccc(Cl)c1. The maximum Gasteiger partial charge on any atom is 0.285 e. The summed E-state index contributed by atoms with van der Waals surface area (Å²) in [7, 11) is 0. The summed E-state index contributed by atoms with van der Waals surface area (Å²) in [4.78, 5) is 12.3. The number of aromatic amines is 1. The zero-order chi connectivity index (χ0) is 13.4. The summed E-state index contributed by atoms with van der Waals surface area (Å²) < 4.78 is 2.21. The summed E-state index contributed by atoms with van der Waals surface area (Å²) in [6.45, 7) is 0. The van der Waals surface area contributed by atoms with Gasteiger partial charge in [-0.3, -0.25) is 9.89 Å². The van der Waals surface area contributed by atoms with E-state index in [0.29, 0.717) is 15.4 Å². The van der Waals surface area contributed by atoms with E-state index in [1.165, 1.54) is 12.8 Å². The lowest BCUT2D eigenvalue weighted by Crippen LogP contribution is -2.14. The average molecular weight is 342 g/mol. The van der Waals surface area contributed by atoms with Crippen molar-refractivity contribution < 1.29 is 0 Å². The maximum absolute atomic E-state index is 12.3. The molecule has 1 aromatic carbocycles. The van der Waals surface area contributed by atoms with Crippen molar-refractivity contribution in [1.29, 1.82) is 0 Å². The van der Waals surface area contributed by atoms with Crippen molar-refractivity contribution in [2.75, 3.05) is 0 Å². The van der Waals surface area contributed by atoms with Crippen LogP contribution < -0.4 is 5.56 Å². The van der Waals surface area contributed by atoms with Gasteiger partial charge in [-0.25, -0.2) is 4.68 Å². The normalized spacial score (nSPS) is 16.1. The molecular weight excluding hydrogens is 328 g/mol. The molecule has 5 heteroatoms. The third-order valence-electron chi connectivity index (χ3n) is 3.69. The van der Waals surface area contributed by atoms with Crippen LogP contribution in [0.5, 0.6) is 0 Å². The van der Waals surface area contributed by atoms with Crippen LogP contribution in [0.15, 0.2) is 33.5 Å². The summed E-state index contributed by atoms with van der Waals surface area (Å²) in [6.07, 6.45) is 4.77. The number of hydrogen-bond donors (Lipinski definition) is 1. The van der Waals surface area contributed by atoms with Crippen molar-refractivity contribution >= 4 is 27.5 Å². The van der Waals surface area contributed by atoms with Crippen molar-refractivity contribution in [3.05, 3.63) is 49.8 Å². The minimum absolute atomic E-state index is 0.0517. The first-order chi connectivity index (χ1) is 9.16. The Kier molecular flexibility index (Phi) is 3.54. The minimum atomic E-state index is -0.0517. The second-order valence-electron chi connectivity index (χ2n) is 4.94. The minimum Gasteiger partial charge on any atom is -0.294 e. The number of benzene rings is 1. The molecule has 3 rings (SSSR count). The van der Waals surface area contributed by atoms with Crippen LogP contribution in [-0.2, 0) is 0 Å². The van der Waals surface area contributed by atoms with Crippen LogP contribution in [0.2, 0.25) is 5.02 Å². The number of halogens is 2. The van der Waals surface area contributed by atoms with Crippen molar-refractivity contribution in [2.45, 2.75) is 31.6 Å². The molecule has 1 saturated carbocycles. The van der Waals surface area contributed by atoms with E-state index in [9.17, 15) is 4.79 Å². The van der Waals surface area contributed by atoms with Crippen molar-refractivity contribution in [3.8, 4) is 5.69 Å². The lowest BCUT2D eigenvalue weighted by Gasteiger charge is -2.07. The molecule has 0 saturated heterocycles. The first-order valence-electron chi connectivity index (χ1n) is 6.43. The summed E-state index contributed by atoms with van der Waals surface area (Å²) >= 11 is 9.41. The van der Waals surface area contributed by atoms with E-state index < -0.39 is 0 Å². The van der Waals surface area contributed by atoms with Gasteiger partial charge in [0.2, 0.25) is 0 Å². The van der Waals surface area contributed by atoms with Gasteiger partial charge in [-0.2, -0.15) is 0 Å². The molecule has 1 N–H and O–H groups in total. The van der Waals surface area contributed by atoms with Gasteiger partial charge >= 0.3 is 0 Å². The Morgan fingerprint density at radius 2 is 2.05 bits per heavy atom. The van der Waals surface area contributed by atoms with E-state index in [-0.39, 0.29) is 5.56 Å². The Hall–Kier alpha value is -1.00. The van der Waals surface area contributed by atoms with Crippen LogP contribution in [0.25, 0.3) is 5.69 Å². The summed E-state index contributed by atoms with van der Waals surface area (Å²) in [5, 5.41) is 3.86. The van der Waals surface area contributed by atoms with E-state index in [0.717, 1.165) is 24.2 Å². The number of H-pyrrole nitrogens is 1. The highest BCUT2D eigenvalue weighted by Crippen LogP contribution is 2.35. The molecule has 1 heterocycles. The number of hydrogen-bond acceptors (Lipinski definition) is 1. The van der Waals surface area contributed by atoms with Crippen molar-refractivity contribution in [1.82, 2.24) is 9.78 Å². The van der Waals surface area contributed by atoms with Crippen LogP contribution in [0.4, 0.5) is 0 Å². The van der Waals surface area contributed by atoms with Gasteiger partial charge in [0, 0.05) is 10.9 Å². The molecule has 1 aliphatic rings. The monoisotopic (exact) mass is 340 g/mol. The van der Waals surface area contributed by atoms with Crippen LogP contribution in [0, 0.1) is 0 Å². The smallest absolute Gasteiger partial charge is 0.285 e. The third kappa shape index (κ3) is 2.39. The van der Waals surface area contributed by atoms with Gasteiger partial charge in [-0.1, -0.05) is 30.5 Å². The van der Waals surface area contributed by atoms with Gasteiger partial charge in [0.25, 0.3) is 5.56 Å². The predicted molar refractivity (Wildman–Crippen MR) is 80.3 cm³/mol. The fraction of sp³-hybridized carbons (Fsp3) is 0.357. The molecule has 1 aromatic heterocycles. The predicted octanol–water partition coefficient (Wildman–Crippen LogP) is 4.24. The molecular formula is C14H14BrClN2O. The molecule has 100 valence electrons. The van der Waals surface area contributed by atoms with Crippen molar-refractivity contribution in [2.24, 2.45) is 0 Å². The van der Waals surface area contributed by atoms with Gasteiger partial charge in [-0.15, -0.1) is 0 Å². The van der Waals surface area contributed by atoms with Gasteiger partial charge < -0.3 is 0 Å². The molecule has 19 heavy (non-hydrogen) atoms. The highest BCUT2D eigenvalue weighted by atomic mass is 79.9. The van der Waals surface area contributed by atoms with Crippen molar-refractivity contribution in [3.63, 3.8) is 0 Å². The summed E-state index contributed by atoms with van der Waals surface area (Å²) in [5.74, 6) is 0.461. The molecule has 0 radical (unpaired) electrons. The average Bonchev–Trinajstić information content (AvgIpc) is 3.00. The maximum atomic E-state index is 12.3. The summed E-state index contributed by atoms with van der Waals surface area (Å²) in [5.41, 5.74) is 1.73. The number of rotatable bonds is 2. The molecule has 0 aliphatic heterocycles. The Bertz CT molecular complexity index is 656. The lowest BCUT2D eigenvalue weighted by atomic mass is 10.1. The molecule has 3 nitrogen and oxygen atoms in total. The lowest BCUT2D eigenvalue weighted by molar-refractivity contribution is 0.675. The van der Waals surface area contributed by atoms with Crippen LogP contribution in [0.3, 0.4) is 0 Å². The highest BCUT2D eigenvalue weighted by molar-refractivity contribution is 9.10. The number of nitrogens with one attached hydrogen (secondary N) is 1. The van der Waals surface area contributed by atoms with Crippen LogP contribution in [-0.4, -0.2) is 9.78 Å². The zero-order valence-corrected chi connectivity index (χ0v) is 12.7. The second-order valence-corrected chi connectivity index (χ2v) is 6.17. The highest BCUT2D eigenvalue weighted by Gasteiger charge is 2.24. The quantitative estimate of drug-likeness (QED) is 0.871. The Morgan fingerprint density at radius 3 is 2.74 bits per heavy atom. The fourth-order valence-electron chi connectivity index (χ4n) is 2.72. The molecule has 1 aliphatic carbocycles. The molecule has 0 amide bonds.